The Kier molecular flexibility index (Phi) is 2.53. The molecule has 0 aromatic carbocycles. The van der Waals surface area contributed by atoms with Gasteiger partial charge in [0.05, 0.1) is 5.41 Å². The summed E-state index contributed by atoms with van der Waals surface area (Å²) < 4.78 is 5.52. The van der Waals surface area contributed by atoms with Crippen molar-refractivity contribution in [3.8, 4) is 0 Å². The van der Waals surface area contributed by atoms with Crippen molar-refractivity contribution in [2.45, 2.75) is 45.6 Å². The van der Waals surface area contributed by atoms with Gasteiger partial charge < -0.3 is 10.1 Å². The van der Waals surface area contributed by atoms with Crippen LogP contribution in [0.25, 0.3) is 0 Å². The highest BCUT2D eigenvalue weighted by Gasteiger charge is 2.49. The minimum Gasteiger partial charge on any atom is -0.460 e. The van der Waals surface area contributed by atoms with Gasteiger partial charge in [0.2, 0.25) is 0 Å². The van der Waals surface area contributed by atoms with Gasteiger partial charge in [0, 0.05) is 6.54 Å². The van der Waals surface area contributed by atoms with Crippen LogP contribution in [0.4, 0.5) is 0 Å². The third kappa shape index (κ3) is 2.17. The molecule has 2 bridgehead atoms. The minimum atomic E-state index is -0.360. The lowest BCUT2D eigenvalue weighted by Gasteiger charge is -2.34. The van der Waals surface area contributed by atoms with E-state index >= 15 is 0 Å². The van der Waals surface area contributed by atoms with Crippen LogP contribution in [-0.4, -0.2) is 24.7 Å². The Hall–Kier alpha value is -0.570. The molecular formula is C12H21NO2. The molecule has 3 nitrogen and oxygen atoms in total. The lowest BCUT2D eigenvalue weighted by molar-refractivity contribution is -0.168. The second kappa shape index (κ2) is 3.48. The van der Waals surface area contributed by atoms with E-state index in [4.69, 9.17) is 4.74 Å². The van der Waals surface area contributed by atoms with E-state index in [1.807, 2.05) is 20.8 Å². The molecule has 15 heavy (non-hydrogen) atoms. The molecule has 1 saturated heterocycles. The van der Waals surface area contributed by atoms with Crippen molar-refractivity contribution < 1.29 is 9.53 Å². The number of nitrogens with one attached hydrogen (secondary N) is 1. The predicted octanol–water partition coefficient (Wildman–Crippen LogP) is 1.72. The van der Waals surface area contributed by atoms with Crippen LogP contribution in [0.15, 0.2) is 0 Å². The summed E-state index contributed by atoms with van der Waals surface area (Å²) in [5.41, 5.74) is -0.572. The van der Waals surface area contributed by atoms with Crippen molar-refractivity contribution in [3.63, 3.8) is 0 Å². The zero-order chi connectivity index (χ0) is 11.1. The summed E-state index contributed by atoms with van der Waals surface area (Å²) in [6.45, 7) is 7.68. The maximum Gasteiger partial charge on any atom is 0.313 e. The summed E-state index contributed by atoms with van der Waals surface area (Å²) >= 11 is 0. The number of esters is 1. The van der Waals surface area contributed by atoms with Gasteiger partial charge in [-0.05, 0) is 52.5 Å². The van der Waals surface area contributed by atoms with Crippen molar-refractivity contribution in [2.75, 3.05) is 13.1 Å². The molecule has 2 rings (SSSR count). The van der Waals surface area contributed by atoms with E-state index in [2.05, 4.69) is 5.32 Å². The summed E-state index contributed by atoms with van der Waals surface area (Å²) in [7, 11) is 0. The van der Waals surface area contributed by atoms with Crippen molar-refractivity contribution in [3.05, 3.63) is 0 Å². The molecule has 1 saturated carbocycles. The van der Waals surface area contributed by atoms with Gasteiger partial charge in [-0.15, -0.1) is 0 Å². The molecular weight excluding hydrogens is 190 g/mol. The highest BCUT2D eigenvalue weighted by Crippen LogP contribution is 2.45. The molecule has 3 heteroatoms. The lowest BCUT2D eigenvalue weighted by atomic mass is 9.83. The molecule has 0 spiro atoms. The average Bonchev–Trinajstić information content (AvgIpc) is 2.41. The molecule has 0 aromatic rings. The van der Waals surface area contributed by atoms with Crippen LogP contribution in [0.2, 0.25) is 0 Å². The number of hydrogen-bond acceptors (Lipinski definition) is 3. The van der Waals surface area contributed by atoms with Crippen LogP contribution >= 0.6 is 0 Å². The third-order valence-electron chi connectivity index (χ3n) is 3.44. The van der Waals surface area contributed by atoms with Crippen LogP contribution in [0.3, 0.4) is 0 Å². The largest absolute Gasteiger partial charge is 0.460 e. The van der Waals surface area contributed by atoms with Crippen molar-refractivity contribution in [1.29, 1.82) is 0 Å². The average molecular weight is 211 g/mol. The number of carbonyl (C=O) groups is 1. The zero-order valence-corrected chi connectivity index (χ0v) is 9.93. The second-order valence-electron chi connectivity index (χ2n) is 6.02. The Labute approximate surface area is 91.6 Å². The van der Waals surface area contributed by atoms with E-state index in [0.717, 1.165) is 25.9 Å². The molecule has 1 aliphatic heterocycles. The van der Waals surface area contributed by atoms with Crippen LogP contribution in [0, 0.1) is 11.3 Å². The number of rotatable bonds is 1. The van der Waals surface area contributed by atoms with E-state index in [-0.39, 0.29) is 17.0 Å². The molecule has 1 heterocycles. The number of piperidine rings is 1. The first kappa shape index (κ1) is 10.9. The monoisotopic (exact) mass is 211 g/mol. The molecule has 2 aliphatic rings. The van der Waals surface area contributed by atoms with Crippen molar-refractivity contribution >= 4 is 5.97 Å². The maximum absolute atomic E-state index is 12.1. The first-order valence-corrected chi connectivity index (χ1v) is 5.85. The molecule has 1 aliphatic carbocycles. The smallest absolute Gasteiger partial charge is 0.313 e. The number of fused-ring (bicyclic) bond motifs is 2. The van der Waals surface area contributed by atoms with Gasteiger partial charge in [-0.25, -0.2) is 0 Å². The van der Waals surface area contributed by atoms with Gasteiger partial charge >= 0.3 is 5.97 Å². The second-order valence-corrected chi connectivity index (χ2v) is 6.02. The Morgan fingerprint density at radius 2 is 2.20 bits per heavy atom. The first-order chi connectivity index (χ1) is 6.91. The van der Waals surface area contributed by atoms with Gasteiger partial charge in [-0.2, -0.15) is 0 Å². The van der Waals surface area contributed by atoms with Gasteiger partial charge in [-0.3, -0.25) is 4.79 Å². The highest BCUT2D eigenvalue weighted by molar-refractivity contribution is 5.78. The Balaban J connectivity index is 2.06. The van der Waals surface area contributed by atoms with E-state index in [0.29, 0.717) is 5.92 Å². The summed E-state index contributed by atoms with van der Waals surface area (Å²) in [5, 5.41) is 3.35. The zero-order valence-electron chi connectivity index (χ0n) is 9.93. The summed E-state index contributed by atoms with van der Waals surface area (Å²) in [5.74, 6) is 0.691. The molecule has 86 valence electrons. The Morgan fingerprint density at radius 1 is 1.47 bits per heavy atom. The predicted molar refractivity (Wildman–Crippen MR) is 58.5 cm³/mol. The highest BCUT2D eigenvalue weighted by atomic mass is 16.6. The van der Waals surface area contributed by atoms with Crippen LogP contribution < -0.4 is 5.32 Å². The summed E-state index contributed by atoms with van der Waals surface area (Å²) in [4.78, 5) is 12.1. The third-order valence-corrected chi connectivity index (χ3v) is 3.44. The fraction of sp³-hybridized carbons (Fsp3) is 0.917. The Bertz CT molecular complexity index is 265. The quantitative estimate of drug-likeness (QED) is 0.671. The fourth-order valence-electron chi connectivity index (χ4n) is 2.73. The maximum atomic E-state index is 12.1. The van der Waals surface area contributed by atoms with Gasteiger partial charge in [-0.1, -0.05) is 0 Å². The molecule has 2 atom stereocenters. The normalized spacial score (nSPS) is 35.3. The van der Waals surface area contributed by atoms with Crippen molar-refractivity contribution in [1.82, 2.24) is 5.32 Å². The number of hydrogen-bond donors (Lipinski definition) is 1. The summed E-state index contributed by atoms with van der Waals surface area (Å²) in [6, 6.07) is 0. The molecule has 2 fully saturated rings. The topological polar surface area (TPSA) is 38.3 Å². The molecule has 2 unspecified atom stereocenters. The van der Waals surface area contributed by atoms with Crippen LogP contribution in [-0.2, 0) is 9.53 Å². The van der Waals surface area contributed by atoms with E-state index < -0.39 is 0 Å². The molecule has 1 N–H and O–H groups in total. The first-order valence-electron chi connectivity index (χ1n) is 5.85. The number of ether oxygens (including phenoxy) is 1. The summed E-state index contributed by atoms with van der Waals surface area (Å²) in [6.07, 6.45) is 3.20. The standard InChI is InChI=1S/C12H21NO2/c1-11(2,3)15-10(14)12-5-4-9(6-12)7-13-8-12/h9,13H,4-8H2,1-3H3. The van der Waals surface area contributed by atoms with Gasteiger partial charge in [0.15, 0.2) is 0 Å². The molecule has 0 amide bonds. The van der Waals surface area contributed by atoms with Crippen LogP contribution in [0.5, 0.6) is 0 Å². The SMILES string of the molecule is CC(C)(C)OC(=O)C12CCC(CNC1)C2. The van der Waals surface area contributed by atoms with E-state index in [9.17, 15) is 4.79 Å². The van der Waals surface area contributed by atoms with Gasteiger partial charge in [0.25, 0.3) is 0 Å². The van der Waals surface area contributed by atoms with Gasteiger partial charge in [0.1, 0.15) is 5.60 Å². The molecule has 0 aromatic heterocycles. The minimum absolute atomic E-state index is 0.00435. The lowest BCUT2D eigenvalue weighted by Crippen LogP contribution is -2.46. The van der Waals surface area contributed by atoms with Crippen molar-refractivity contribution in [2.24, 2.45) is 11.3 Å². The van der Waals surface area contributed by atoms with E-state index in [1.165, 1.54) is 6.42 Å². The molecule has 0 radical (unpaired) electrons. The Morgan fingerprint density at radius 3 is 2.87 bits per heavy atom. The van der Waals surface area contributed by atoms with Crippen LogP contribution in [0.1, 0.15) is 40.0 Å². The fourth-order valence-corrected chi connectivity index (χ4v) is 2.73. The number of carbonyl (C=O) groups excluding carboxylic acids is 1. The van der Waals surface area contributed by atoms with E-state index in [1.54, 1.807) is 0 Å².